The van der Waals surface area contributed by atoms with Crippen LogP contribution in [0, 0.1) is 16.7 Å². The van der Waals surface area contributed by atoms with Gasteiger partial charge in [-0.05, 0) is 34.8 Å². The molecule has 170 valence electrons. The molecule has 1 aliphatic carbocycles. The predicted molar refractivity (Wildman–Crippen MR) is 115 cm³/mol. The number of carbonyl (C=O) groups is 1. The van der Waals surface area contributed by atoms with E-state index in [4.69, 9.17) is 5.11 Å². The van der Waals surface area contributed by atoms with Crippen molar-refractivity contribution >= 4 is 38.9 Å². The van der Waals surface area contributed by atoms with Crippen molar-refractivity contribution in [1.29, 1.82) is 5.26 Å². The highest BCUT2D eigenvalue weighted by atomic mass is 79.9. The van der Waals surface area contributed by atoms with E-state index >= 15 is 0 Å². The van der Waals surface area contributed by atoms with Crippen LogP contribution in [0.5, 0.6) is 0 Å². The lowest BCUT2D eigenvalue weighted by atomic mass is 9.59. The molecule has 2 aromatic heterocycles. The van der Waals surface area contributed by atoms with Gasteiger partial charge in [0.1, 0.15) is 11.6 Å². The van der Waals surface area contributed by atoms with Crippen LogP contribution in [0.1, 0.15) is 24.0 Å². The molecule has 1 atom stereocenters. The highest BCUT2D eigenvalue weighted by Crippen LogP contribution is 2.49. The first-order chi connectivity index (χ1) is 15.6. The van der Waals surface area contributed by atoms with E-state index in [-0.39, 0.29) is 28.7 Å². The van der Waals surface area contributed by atoms with Gasteiger partial charge in [0.25, 0.3) is 0 Å². The highest BCUT2D eigenvalue weighted by molar-refractivity contribution is 9.10. The second kappa shape index (κ2) is 7.34. The molecule has 0 radical (unpaired) electrons. The lowest BCUT2D eigenvalue weighted by Crippen LogP contribution is -2.69. The van der Waals surface area contributed by atoms with E-state index in [0.717, 1.165) is 19.0 Å². The molecule has 3 N–H and O–H groups in total. The number of nitrogens with zero attached hydrogens (tertiary/aromatic N) is 4. The Morgan fingerprint density at radius 3 is 2.76 bits per heavy atom. The first-order valence-electron chi connectivity index (χ1n) is 10.0. The zero-order chi connectivity index (χ0) is 23.5. The SMILES string of the molecule is N#Cc1ccc2c(-c3nc(N[C@@H]4CCC45CN(C(=O)O)C5)ncc3C(F)(F)F)c[nH]c2c1Br. The molecule has 1 saturated heterocycles. The van der Waals surface area contributed by atoms with E-state index in [0.29, 0.717) is 34.0 Å². The van der Waals surface area contributed by atoms with Gasteiger partial charge in [0.15, 0.2) is 0 Å². The number of nitriles is 1. The Hall–Kier alpha value is -3.33. The standard InChI is InChI=1S/C21H16BrF3N6O2/c22-15-10(5-26)1-2-11-12(6-27-17(11)15)16-13(21(23,24)25)7-28-18(30-16)29-14-3-4-20(14)8-31(9-20)19(32)33/h1-2,6-7,14,27H,3-4,8-9H2,(H,32,33)(H,28,29,30)/t14-/m1/s1. The minimum Gasteiger partial charge on any atom is -0.465 e. The first kappa shape index (κ1) is 21.5. The lowest BCUT2D eigenvalue weighted by molar-refractivity contribution is -0.137. The lowest BCUT2D eigenvalue weighted by Gasteiger charge is -2.59. The number of H-pyrrole nitrogens is 1. The molecular formula is C21H16BrF3N6O2. The van der Waals surface area contributed by atoms with Crippen molar-refractivity contribution in [3.05, 3.63) is 40.1 Å². The molecule has 1 spiro atoms. The van der Waals surface area contributed by atoms with Crippen molar-refractivity contribution in [2.75, 3.05) is 18.4 Å². The van der Waals surface area contributed by atoms with Gasteiger partial charge < -0.3 is 20.3 Å². The number of hydrogen-bond acceptors (Lipinski definition) is 5. The number of aromatic amines is 1. The fourth-order valence-corrected chi connectivity index (χ4v) is 5.16. The third kappa shape index (κ3) is 3.38. The zero-order valence-electron chi connectivity index (χ0n) is 16.9. The molecule has 12 heteroatoms. The summed E-state index contributed by atoms with van der Waals surface area (Å²) >= 11 is 3.33. The maximum absolute atomic E-state index is 13.8. The second-order valence-corrected chi connectivity index (χ2v) is 9.15. The largest absolute Gasteiger partial charge is 0.465 e. The van der Waals surface area contributed by atoms with Gasteiger partial charge in [-0.3, -0.25) is 0 Å². The zero-order valence-corrected chi connectivity index (χ0v) is 18.5. The Balaban J connectivity index is 1.52. The molecule has 8 nitrogen and oxygen atoms in total. The molecule has 5 rings (SSSR count). The number of aromatic nitrogens is 3. The molecule has 3 aromatic rings. The van der Waals surface area contributed by atoms with Crippen molar-refractivity contribution in [3.8, 4) is 17.3 Å². The first-order valence-corrected chi connectivity index (χ1v) is 10.8. The van der Waals surface area contributed by atoms with Gasteiger partial charge >= 0.3 is 12.3 Å². The average molecular weight is 521 g/mol. The van der Waals surface area contributed by atoms with E-state index in [1.54, 1.807) is 6.07 Å². The number of likely N-dealkylation sites (tertiary alicyclic amines) is 1. The van der Waals surface area contributed by atoms with Crippen molar-refractivity contribution in [3.63, 3.8) is 0 Å². The number of amides is 1. The molecule has 0 bridgehead atoms. The van der Waals surface area contributed by atoms with Gasteiger partial charge in [-0.1, -0.05) is 6.07 Å². The predicted octanol–water partition coefficient (Wildman–Crippen LogP) is 4.83. The van der Waals surface area contributed by atoms with Crippen LogP contribution >= 0.6 is 15.9 Å². The minimum atomic E-state index is -4.67. The maximum Gasteiger partial charge on any atom is 0.419 e. The second-order valence-electron chi connectivity index (χ2n) is 8.35. The topological polar surface area (TPSA) is 118 Å². The molecule has 1 aromatic carbocycles. The van der Waals surface area contributed by atoms with E-state index in [9.17, 15) is 23.2 Å². The van der Waals surface area contributed by atoms with Gasteiger partial charge in [0.2, 0.25) is 5.95 Å². The Bertz CT molecular complexity index is 1330. The summed E-state index contributed by atoms with van der Waals surface area (Å²) in [5.41, 5.74) is -0.411. The molecule has 3 heterocycles. The van der Waals surface area contributed by atoms with Crippen molar-refractivity contribution < 1.29 is 23.1 Å². The third-order valence-electron chi connectivity index (χ3n) is 6.52. The van der Waals surface area contributed by atoms with Gasteiger partial charge in [-0.25, -0.2) is 14.8 Å². The Morgan fingerprint density at radius 1 is 1.39 bits per heavy atom. The summed E-state index contributed by atoms with van der Waals surface area (Å²) in [4.78, 5) is 23.5. The molecule has 33 heavy (non-hydrogen) atoms. The fourth-order valence-electron chi connectivity index (χ4n) is 4.62. The number of halogens is 4. The van der Waals surface area contributed by atoms with Crippen LogP contribution in [0.4, 0.5) is 23.9 Å². The summed E-state index contributed by atoms with van der Waals surface area (Å²) in [5.74, 6) is 0.0536. The Labute approximate surface area is 193 Å². The third-order valence-corrected chi connectivity index (χ3v) is 7.34. The van der Waals surface area contributed by atoms with Gasteiger partial charge in [-0.2, -0.15) is 18.4 Å². The van der Waals surface area contributed by atoms with Crippen LogP contribution in [-0.2, 0) is 6.18 Å². The van der Waals surface area contributed by atoms with Crippen molar-refractivity contribution in [2.45, 2.75) is 25.1 Å². The van der Waals surface area contributed by atoms with Crippen LogP contribution < -0.4 is 5.32 Å². The molecule has 2 aliphatic rings. The summed E-state index contributed by atoms with van der Waals surface area (Å²) in [6.45, 7) is 0.760. The average Bonchev–Trinajstić information content (AvgIpc) is 3.14. The number of alkyl halides is 3. The Morgan fingerprint density at radius 2 is 2.15 bits per heavy atom. The van der Waals surface area contributed by atoms with Crippen molar-refractivity contribution in [2.24, 2.45) is 5.41 Å². The summed E-state index contributed by atoms with van der Waals surface area (Å²) in [5, 5.41) is 21.9. The van der Waals surface area contributed by atoms with Crippen LogP contribution in [0.3, 0.4) is 0 Å². The van der Waals surface area contributed by atoms with E-state index < -0.39 is 17.8 Å². The van der Waals surface area contributed by atoms with E-state index in [1.165, 1.54) is 17.2 Å². The summed E-state index contributed by atoms with van der Waals surface area (Å²) < 4.78 is 41.8. The summed E-state index contributed by atoms with van der Waals surface area (Å²) in [7, 11) is 0. The minimum absolute atomic E-state index is 0.0536. The number of nitrogens with one attached hydrogen (secondary N) is 2. The number of fused-ring (bicyclic) bond motifs is 1. The molecule has 1 aliphatic heterocycles. The van der Waals surface area contributed by atoms with Gasteiger partial charge in [0, 0.05) is 47.9 Å². The molecular weight excluding hydrogens is 505 g/mol. The quantitative estimate of drug-likeness (QED) is 0.455. The smallest absolute Gasteiger partial charge is 0.419 e. The monoisotopic (exact) mass is 520 g/mol. The molecule has 1 saturated carbocycles. The number of carboxylic acid groups (broad SMARTS) is 1. The van der Waals surface area contributed by atoms with Crippen LogP contribution in [0.15, 0.2) is 29.0 Å². The van der Waals surface area contributed by atoms with Crippen molar-refractivity contribution in [1.82, 2.24) is 19.9 Å². The van der Waals surface area contributed by atoms with Gasteiger partial charge in [0.05, 0.1) is 21.2 Å². The number of benzene rings is 1. The summed E-state index contributed by atoms with van der Waals surface area (Å²) in [6.07, 6.45) is -1.87. The maximum atomic E-state index is 13.8. The molecule has 2 fully saturated rings. The van der Waals surface area contributed by atoms with E-state index in [2.05, 4.69) is 36.2 Å². The molecule has 0 unspecified atom stereocenters. The van der Waals surface area contributed by atoms with Crippen LogP contribution in [0.25, 0.3) is 22.2 Å². The summed E-state index contributed by atoms with van der Waals surface area (Å²) in [6, 6.07) is 5.01. The van der Waals surface area contributed by atoms with Crippen LogP contribution in [-0.4, -0.2) is 50.2 Å². The van der Waals surface area contributed by atoms with Gasteiger partial charge in [-0.15, -0.1) is 0 Å². The highest BCUT2D eigenvalue weighted by Gasteiger charge is 2.56. The van der Waals surface area contributed by atoms with E-state index in [1.807, 2.05) is 6.07 Å². The van der Waals surface area contributed by atoms with Crippen LogP contribution in [0.2, 0.25) is 0 Å². The normalized spacial score (nSPS) is 19.1. The molecule has 1 amide bonds. The number of hydrogen-bond donors (Lipinski definition) is 3. The Kier molecular flexibility index (Phi) is 4.79. The fraction of sp³-hybridized carbons (Fsp3) is 0.333. The number of anilines is 1. The number of rotatable bonds is 3.